The minimum atomic E-state index is -1.84. The summed E-state index contributed by atoms with van der Waals surface area (Å²) in [5, 5.41) is 0. The van der Waals surface area contributed by atoms with Crippen molar-refractivity contribution in [2.45, 2.75) is 142 Å². The molecule has 2 aromatic rings. The van der Waals surface area contributed by atoms with E-state index in [1.807, 2.05) is 0 Å². The molecule has 0 heterocycles. The van der Waals surface area contributed by atoms with Crippen LogP contribution in [0.25, 0.3) is 16.7 Å². The quantitative estimate of drug-likeness (QED) is 0.142. The van der Waals surface area contributed by atoms with Crippen molar-refractivity contribution in [3.8, 4) is 11.1 Å². The Kier molecular flexibility index (Phi) is 9.61. The van der Waals surface area contributed by atoms with E-state index in [1.165, 1.54) is 73.6 Å². The molecule has 0 spiro atoms. The second-order valence-corrected chi connectivity index (χ2v) is 23.0. The number of hydrogen-bond donors (Lipinski definition) is 0. The molecule has 2 nitrogen and oxygen atoms in total. The Morgan fingerprint density at radius 2 is 1.39 bits per heavy atom. The Bertz CT molecular complexity index is 1430. The first-order chi connectivity index (χ1) is 21.4. The molecule has 252 valence electrons. The highest BCUT2D eigenvalue weighted by Crippen LogP contribution is 2.62. The van der Waals surface area contributed by atoms with E-state index in [-0.39, 0.29) is 16.4 Å². The average molecular weight is 640 g/mol. The highest BCUT2D eigenvalue weighted by atomic mass is 28.3. The van der Waals surface area contributed by atoms with Crippen LogP contribution in [0.4, 0.5) is 0 Å². The second kappa shape index (κ2) is 12.5. The molecular weight excluding hydrogens is 573 g/mol. The zero-order valence-electron chi connectivity index (χ0n) is 32.0. The van der Waals surface area contributed by atoms with E-state index in [0.717, 1.165) is 10.1 Å². The molecule has 3 unspecified atom stereocenters. The second-order valence-electron chi connectivity index (χ2n) is 18.5. The standard InChI is InChI=1S/C43H67N2Si/c1-14-16-26-43(27-17-15-2)38-29-32(31-18-22-34(23-19-31)41(3,4)5)20-24-35(38)37-28-33-21-25-40(36(33)30-39(37)43)46(12,13)44(42(6,7)8)45(9,10)11/h18-20,22-24,28-30,33,36,40H,14-17,21,25-27H2,1-13H3/q+1. The molecular formula is C43H67N2Si+. The number of fused-ring (bicyclic) bond motifs is 4. The molecule has 3 aliphatic rings. The summed E-state index contributed by atoms with van der Waals surface area (Å²) in [5.41, 5.74) is 11.8. The summed E-state index contributed by atoms with van der Waals surface area (Å²) in [6, 6.07) is 17.0. The van der Waals surface area contributed by atoms with Gasteiger partial charge in [0.15, 0.2) is 8.24 Å². The van der Waals surface area contributed by atoms with Crippen LogP contribution in [0.5, 0.6) is 0 Å². The molecule has 0 N–H and O–H groups in total. The van der Waals surface area contributed by atoms with Crippen LogP contribution >= 0.6 is 0 Å². The summed E-state index contributed by atoms with van der Waals surface area (Å²) >= 11 is 0. The van der Waals surface area contributed by atoms with E-state index < -0.39 is 8.24 Å². The first-order valence-electron chi connectivity index (χ1n) is 18.7. The third-order valence-corrected chi connectivity index (χ3v) is 16.7. The molecule has 2 aromatic carbocycles. The molecule has 5 rings (SSSR count). The maximum Gasteiger partial charge on any atom is 0.191 e. The van der Waals surface area contributed by atoms with Crippen molar-refractivity contribution in [3.05, 3.63) is 76.9 Å². The number of allylic oxidation sites excluding steroid dienone is 4. The molecule has 3 aliphatic carbocycles. The van der Waals surface area contributed by atoms with E-state index in [0.29, 0.717) is 11.8 Å². The first-order valence-corrected chi connectivity index (χ1v) is 21.7. The van der Waals surface area contributed by atoms with E-state index in [4.69, 9.17) is 0 Å². The predicted molar refractivity (Wildman–Crippen MR) is 204 cm³/mol. The van der Waals surface area contributed by atoms with E-state index in [9.17, 15) is 0 Å². The lowest BCUT2D eigenvalue weighted by molar-refractivity contribution is -0.978. The molecule has 1 saturated carbocycles. The average Bonchev–Trinajstić information content (AvgIpc) is 3.49. The summed E-state index contributed by atoms with van der Waals surface area (Å²) in [6.45, 7) is 24.4. The lowest BCUT2D eigenvalue weighted by Gasteiger charge is -2.55. The number of nitrogens with zero attached hydrogens (tertiary/aromatic N) is 2. The van der Waals surface area contributed by atoms with Crippen LogP contribution in [0, 0.1) is 11.8 Å². The van der Waals surface area contributed by atoms with Crippen molar-refractivity contribution in [3.63, 3.8) is 0 Å². The fraction of sp³-hybridized carbons (Fsp3) is 0.628. The maximum absolute atomic E-state index is 2.92. The van der Waals surface area contributed by atoms with Gasteiger partial charge in [0.2, 0.25) is 0 Å². The zero-order chi connectivity index (χ0) is 33.9. The van der Waals surface area contributed by atoms with Crippen LogP contribution in [0.2, 0.25) is 18.6 Å². The van der Waals surface area contributed by atoms with Crippen LogP contribution in [-0.2, 0) is 10.8 Å². The molecule has 0 amide bonds. The van der Waals surface area contributed by atoms with Gasteiger partial charge in [-0.3, -0.25) is 4.59 Å². The molecule has 3 atom stereocenters. The van der Waals surface area contributed by atoms with Crippen LogP contribution in [0.15, 0.2) is 60.2 Å². The van der Waals surface area contributed by atoms with Gasteiger partial charge >= 0.3 is 0 Å². The van der Waals surface area contributed by atoms with Crippen LogP contribution in [0.3, 0.4) is 0 Å². The molecule has 3 heteroatoms. The lowest BCUT2D eigenvalue weighted by Crippen LogP contribution is -2.71. The monoisotopic (exact) mass is 640 g/mol. The van der Waals surface area contributed by atoms with Crippen molar-refractivity contribution < 1.29 is 4.59 Å². The van der Waals surface area contributed by atoms with E-state index in [2.05, 4.69) is 149 Å². The third kappa shape index (κ3) is 6.30. The number of quaternary nitrogens is 1. The largest absolute Gasteiger partial charge is 0.257 e. The van der Waals surface area contributed by atoms with E-state index >= 15 is 0 Å². The molecule has 0 aromatic heterocycles. The Morgan fingerprint density at radius 3 is 1.91 bits per heavy atom. The van der Waals surface area contributed by atoms with E-state index in [1.54, 1.807) is 16.7 Å². The molecule has 0 radical (unpaired) electrons. The minimum Gasteiger partial charge on any atom is -0.257 e. The molecule has 0 bridgehead atoms. The van der Waals surface area contributed by atoms with Crippen molar-refractivity contribution in [2.75, 3.05) is 21.1 Å². The SMILES string of the molecule is CCCCC1(CCCC)C2=CC3C(C=C2c2ccc(-c4ccc(C(C)(C)C)cc4)cc21)CCC3[Si](C)(C)N(C(C)(C)C)[N+](C)(C)C. The Morgan fingerprint density at radius 1 is 0.804 bits per heavy atom. The van der Waals surface area contributed by atoms with Gasteiger partial charge < -0.3 is 0 Å². The van der Waals surface area contributed by atoms with Gasteiger partial charge in [-0.1, -0.05) is 128 Å². The van der Waals surface area contributed by atoms with Gasteiger partial charge in [0.25, 0.3) is 0 Å². The molecule has 0 aliphatic heterocycles. The van der Waals surface area contributed by atoms with Crippen LogP contribution in [-0.4, -0.2) is 44.2 Å². The van der Waals surface area contributed by atoms with Crippen molar-refractivity contribution >= 4 is 13.8 Å². The predicted octanol–water partition coefficient (Wildman–Crippen LogP) is 11.9. The lowest BCUT2D eigenvalue weighted by atomic mass is 9.68. The van der Waals surface area contributed by atoms with Gasteiger partial charge in [0.1, 0.15) is 0 Å². The maximum atomic E-state index is 2.92. The minimum absolute atomic E-state index is 0.127. The third-order valence-electron chi connectivity index (χ3n) is 11.8. The molecule has 0 saturated heterocycles. The summed E-state index contributed by atoms with van der Waals surface area (Å²) in [5.74, 6) is 1.31. The van der Waals surface area contributed by atoms with Crippen LogP contribution < -0.4 is 0 Å². The highest BCUT2D eigenvalue weighted by Gasteiger charge is 2.56. The number of hydrogen-bond acceptors (Lipinski definition) is 1. The number of benzene rings is 2. The Labute approximate surface area is 285 Å². The summed E-state index contributed by atoms with van der Waals surface area (Å²) in [4.78, 5) is 0. The van der Waals surface area contributed by atoms with Gasteiger partial charge in [0.05, 0.1) is 26.7 Å². The van der Waals surface area contributed by atoms with Crippen LogP contribution in [0.1, 0.15) is 123 Å². The van der Waals surface area contributed by atoms with Gasteiger partial charge in [-0.25, -0.2) is 0 Å². The van der Waals surface area contributed by atoms with Crippen molar-refractivity contribution in [2.24, 2.45) is 11.8 Å². The first kappa shape index (κ1) is 35.4. The van der Waals surface area contributed by atoms with Gasteiger partial charge in [0, 0.05) is 5.41 Å². The summed E-state index contributed by atoms with van der Waals surface area (Å²) < 4.78 is 3.84. The number of unbranched alkanes of at least 4 members (excludes halogenated alkanes) is 2. The summed E-state index contributed by atoms with van der Waals surface area (Å²) in [7, 11) is 5.35. The van der Waals surface area contributed by atoms with Crippen molar-refractivity contribution in [1.82, 2.24) is 4.67 Å². The zero-order valence-corrected chi connectivity index (χ0v) is 33.0. The normalized spacial score (nSPS) is 22.8. The van der Waals surface area contributed by atoms with Gasteiger partial charge in [-0.2, -0.15) is 4.67 Å². The highest BCUT2D eigenvalue weighted by molar-refractivity contribution is 6.76. The van der Waals surface area contributed by atoms with Crippen molar-refractivity contribution in [1.29, 1.82) is 0 Å². The molecule has 46 heavy (non-hydrogen) atoms. The fourth-order valence-electron chi connectivity index (χ4n) is 10.5. The van der Waals surface area contributed by atoms with Gasteiger partial charge in [-0.05, 0) is 108 Å². The fourth-order valence-corrected chi connectivity index (χ4v) is 16.3. The topological polar surface area (TPSA) is 3.24 Å². The Balaban J connectivity index is 1.63. The Hall–Kier alpha value is -1.94. The smallest absolute Gasteiger partial charge is 0.191 e. The number of rotatable bonds is 10. The van der Waals surface area contributed by atoms with Gasteiger partial charge in [-0.15, -0.1) is 0 Å². The molecule has 1 fully saturated rings. The summed E-state index contributed by atoms with van der Waals surface area (Å²) in [6.07, 6.45) is 16.0.